The van der Waals surface area contributed by atoms with Gasteiger partial charge in [0.25, 0.3) is 0 Å². The van der Waals surface area contributed by atoms with Crippen LogP contribution in [-0.2, 0) is 28.4 Å². The number of hydrogen-bond donors (Lipinski definition) is 10. The molecule has 3 fully saturated rings. The third-order valence-corrected chi connectivity index (χ3v) is 6.55. The summed E-state index contributed by atoms with van der Waals surface area (Å²) < 4.78 is 32.0. The molecule has 0 unspecified atom stereocenters. The first kappa shape index (κ1) is 32.3. The Bertz CT molecular complexity index is 789. The van der Waals surface area contributed by atoms with Crippen molar-refractivity contribution in [2.24, 2.45) is 5.11 Å². The van der Waals surface area contributed by atoms with Crippen molar-refractivity contribution < 1.29 is 84.3 Å². The van der Waals surface area contributed by atoms with Crippen molar-refractivity contribution in [3.05, 3.63) is 5.21 Å². The molecule has 0 aromatic rings. The van der Waals surface area contributed by atoms with Crippen LogP contribution in [-0.4, -0.2) is 182 Å². The summed E-state index contributed by atoms with van der Waals surface area (Å²) in [5, 5.41) is 115. The number of nitrogens with zero attached hydrogens (tertiary/aromatic N) is 2. The van der Waals surface area contributed by atoms with E-state index < -0.39 is 119 Å². The van der Waals surface area contributed by atoms with Gasteiger partial charge in [0.1, 0.15) is 73.2 Å². The highest BCUT2D eigenvalue weighted by Crippen LogP contribution is 2.30. The lowest BCUT2D eigenvalue weighted by Crippen LogP contribution is -2.65. The van der Waals surface area contributed by atoms with Gasteiger partial charge in [-0.05, 0) is 5.11 Å². The van der Waals surface area contributed by atoms with Gasteiger partial charge in [-0.1, -0.05) is 4.86 Å². The minimum absolute atomic E-state index is 0.192. The number of hydrogen-bond acceptors (Lipinski definition) is 18. The zero-order valence-corrected chi connectivity index (χ0v) is 20.7. The van der Waals surface area contributed by atoms with Crippen LogP contribution in [0.25, 0.3) is 0 Å². The first-order valence-corrected chi connectivity index (χ1v) is 12.0. The Labute approximate surface area is 221 Å². The van der Waals surface area contributed by atoms with E-state index in [1.54, 1.807) is 0 Å². The van der Waals surface area contributed by atoms with Crippen LogP contribution in [0.15, 0.2) is 5.11 Å². The molecular weight excluding hydrogens is 540 g/mol. The summed E-state index contributed by atoms with van der Waals surface area (Å²) in [6, 6.07) is 0. The Morgan fingerprint density at radius 2 is 1.13 bits per heavy atom. The second-order valence-corrected chi connectivity index (χ2v) is 9.25. The van der Waals surface area contributed by atoms with Gasteiger partial charge in [-0.15, -0.1) is 0 Å². The first-order chi connectivity index (χ1) is 18.4. The van der Waals surface area contributed by atoms with Gasteiger partial charge in [0.05, 0.1) is 19.8 Å². The molecule has 228 valence electrons. The lowest BCUT2D eigenvalue weighted by atomic mass is 9.97. The quantitative estimate of drug-likeness (QED) is 0.0656. The smallest absolute Gasteiger partial charge is 0.203 e. The summed E-state index contributed by atoms with van der Waals surface area (Å²) >= 11 is 0. The fourth-order valence-corrected chi connectivity index (χ4v) is 4.26. The van der Waals surface area contributed by atoms with Crippen molar-refractivity contribution in [2.45, 2.75) is 92.1 Å². The molecule has 0 spiro atoms. The van der Waals surface area contributed by atoms with Crippen LogP contribution in [0.5, 0.6) is 0 Å². The highest BCUT2D eigenvalue weighted by Gasteiger charge is 2.51. The fourth-order valence-electron chi connectivity index (χ4n) is 4.26. The second kappa shape index (κ2) is 14.1. The maximum Gasteiger partial charge on any atom is 0.203 e. The number of aliphatic hydroxyl groups excluding tert-OH is 10. The van der Waals surface area contributed by atoms with Crippen molar-refractivity contribution in [1.82, 2.24) is 0 Å². The van der Waals surface area contributed by atoms with Crippen molar-refractivity contribution in [2.75, 3.05) is 33.6 Å². The molecule has 39 heavy (non-hydrogen) atoms. The number of azo groups is 1. The summed E-state index contributed by atoms with van der Waals surface area (Å²) in [5.74, 6) is 0. The molecule has 0 aliphatic carbocycles. The highest BCUT2D eigenvalue weighted by atomic mass is 16.7. The highest BCUT2D eigenvalue weighted by molar-refractivity contribution is 4.95. The van der Waals surface area contributed by atoms with Gasteiger partial charge < -0.3 is 84.7 Å². The van der Waals surface area contributed by atoms with Crippen molar-refractivity contribution in [1.29, 1.82) is 0 Å². The molecule has 0 radical (unpaired) electrons. The standard InChI is InChI=1S/C20H36N2O17/c1-22(33)21-5-35-18-14(30)13(29)10(26)8(38-18)4-34-19-16(32)17(11(27)7(3-24)36-19)39-20-15(31)12(28)9(25)6(2-23)37-20/h6-20,23-32H,2-5H2,1H3/t6-,7-,8-,9-,10-,11-,12+,13+,14-,15-,16-,17+,18-,19-,20+/m1/s1. The van der Waals surface area contributed by atoms with Gasteiger partial charge in [-0.25, -0.2) is 0 Å². The zero-order valence-electron chi connectivity index (χ0n) is 20.7. The minimum atomic E-state index is -1.86. The molecule has 3 saturated heterocycles. The Kier molecular flexibility index (Phi) is 11.7. The molecule has 0 amide bonds. The van der Waals surface area contributed by atoms with Gasteiger partial charge in [-0.2, -0.15) is 0 Å². The predicted molar refractivity (Wildman–Crippen MR) is 117 cm³/mol. The molecule has 0 saturated carbocycles. The maximum atomic E-state index is 10.9. The lowest BCUT2D eigenvalue weighted by Gasteiger charge is -2.46. The Hall–Kier alpha value is -1.24. The minimum Gasteiger partial charge on any atom is -0.600 e. The number of aliphatic hydroxyl groups is 10. The molecule has 3 heterocycles. The number of hydroxylamine groups is 1. The SMILES string of the molecule is C[N+]([O-])=NCO[C@@H]1O[C@H](CO[C@@H]2O[C@H](CO)[C@@H](O)[C@H](O[C@@H]3O[C@H](CO)[C@@H](O)[C@H](O)[C@H]3O)[C@H]2O)[C@@H](O)[C@H](O)[C@H]1O. The van der Waals surface area contributed by atoms with E-state index in [9.17, 15) is 56.3 Å². The molecule has 0 aromatic carbocycles. The van der Waals surface area contributed by atoms with Crippen molar-refractivity contribution in [3.63, 3.8) is 0 Å². The average Bonchev–Trinajstić information content (AvgIpc) is 2.90. The van der Waals surface area contributed by atoms with Crippen molar-refractivity contribution in [3.8, 4) is 0 Å². The van der Waals surface area contributed by atoms with Crippen LogP contribution < -0.4 is 0 Å². The molecule has 19 heteroatoms. The molecule has 0 aromatic heterocycles. The van der Waals surface area contributed by atoms with Gasteiger partial charge in [0, 0.05) is 0 Å². The average molecular weight is 577 g/mol. The Balaban J connectivity index is 1.67. The molecule has 10 N–H and O–H groups in total. The van der Waals surface area contributed by atoms with E-state index in [4.69, 9.17) is 28.4 Å². The van der Waals surface area contributed by atoms with Crippen LogP contribution in [0.1, 0.15) is 0 Å². The molecule has 3 aliphatic heterocycles. The van der Waals surface area contributed by atoms with E-state index in [1.807, 2.05) is 0 Å². The van der Waals surface area contributed by atoms with Crippen LogP contribution in [0.2, 0.25) is 0 Å². The first-order valence-electron chi connectivity index (χ1n) is 12.0. The van der Waals surface area contributed by atoms with Gasteiger partial charge in [-0.3, -0.25) is 0 Å². The van der Waals surface area contributed by atoms with E-state index in [2.05, 4.69) is 5.11 Å². The van der Waals surface area contributed by atoms with Gasteiger partial charge >= 0.3 is 0 Å². The van der Waals surface area contributed by atoms with Gasteiger partial charge in [0.15, 0.2) is 25.9 Å². The van der Waals surface area contributed by atoms with Crippen molar-refractivity contribution >= 4 is 0 Å². The molecule has 3 rings (SSSR count). The largest absolute Gasteiger partial charge is 0.600 e. The summed E-state index contributed by atoms with van der Waals surface area (Å²) in [6.07, 6.45) is -24.8. The van der Waals surface area contributed by atoms with Crippen LogP contribution in [0, 0.1) is 5.21 Å². The summed E-state index contributed by atoms with van der Waals surface area (Å²) in [6.45, 7) is -2.70. The monoisotopic (exact) mass is 576 g/mol. The fraction of sp³-hybridized carbons (Fsp3) is 1.00. The molecule has 3 aliphatic rings. The molecule has 15 atom stereocenters. The topological polar surface area (TPSA) is 296 Å². The third-order valence-electron chi connectivity index (χ3n) is 6.55. The number of ether oxygens (including phenoxy) is 6. The van der Waals surface area contributed by atoms with E-state index in [0.29, 0.717) is 0 Å². The molecular formula is C20H36N2O17. The van der Waals surface area contributed by atoms with Gasteiger partial charge in [0.2, 0.25) is 6.73 Å². The summed E-state index contributed by atoms with van der Waals surface area (Å²) in [4.78, 5) is 0.192. The Morgan fingerprint density at radius 1 is 0.641 bits per heavy atom. The van der Waals surface area contributed by atoms with Crippen LogP contribution >= 0.6 is 0 Å². The molecule has 19 nitrogen and oxygen atoms in total. The normalized spacial score (nSPS) is 47.8. The number of rotatable bonds is 10. The third kappa shape index (κ3) is 7.35. The second-order valence-electron chi connectivity index (χ2n) is 9.25. The van der Waals surface area contributed by atoms with Crippen LogP contribution in [0.3, 0.4) is 0 Å². The maximum absolute atomic E-state index is 10.9. The summed E-state index contributed by atoms with van der Waals surface area (Å²) in [7, 11) is 1.08. The lowest BCUT2D eigenvalue weighted by molar-refractivity contribution is -0.505. The van der Waals surface area contributed by atoms with E-state index in [1.165, 1.54) is 0 Å². The van der Waals surface area contributed by atoms with Crippen LogP contribution in [0.4, 0.5) is 0 Å². The Morgan fingerprint density at radius 3 is 1.72 bits per heavy atom. The van der Waals surface area contributed by atoms with E-state index in [0.717, 1.165) is 7.05 Å². The summed E-state index contributed by atoms with van der Waals surface area (Å²) in [5.41, 5.74) is 0. The molecule has 0 bridgehead atoms. The van der Waals surface area contributed by atoms with E-state index in [-0.39, 0.29) is 4.86 Å². The van der Waals surface area contributed by atoms with E-state index >= 15 is 0 Å². The predicted octanol–water partition coefficient (Wildman–Crippen LogP) is -7.00. The zero-order chi connectivity index (χ0) is 29.0.